The molecular formula is C13H17BrFNO2. The molecule has 18 heavy (non-hydrogen) atoms. The van der Waals surface area contributed by atoms with Gasteiger partial charge in [-0.25, -0.2) is 4.39 Å². The summed E-state index contributed by atoms with van der Waals surface area (Å²) in [5.74, 6) is -0.751. The molecule has 0 saturated heterocycles. The van der Waals surface area contributed by atoms with Crippen LogP contribution < -0.4 is 0 Å². The molecule has 100 valence electrons. The van der Waals surface area contributed by atoms with Crippen LogP contribution in [0.1, 0.15) is 31.1 Å². The van der Waals surface area contributed by atoms with E-state index in [0.717, 1.165) is 0 Å². The molecule has 1 aromatic carbocycles. The van der Waals surface area contributed by atoms with Gasteiger partial charge in [-0.2, -0.15) is 0 Å². The van der Waals surface area contributed by atoms with E-state index in [2.05, 4.69) is 15.9 Å². The first kappa shape index (κ1) is 15.1. The Bertz CT molecular complexity index is 435. The largest absolute Gasteiger partial charge is 0.392 e. The summed E-state index contributed by atoms with van der Waals surface area (Å²) in [5, 5.41) is 9.39. The van der Waals surface area contributed by atoms with Gasteiger partial charge in [-0.15, -0.1) is 0 Å². The number of rotatable bonds is 4. The van der Waals surface area contributed by atoms with E-state index in [9.17, 15) is 14.3 Å². The van der Waals surface area contributed by atoms with Crippen molar-refractivity contribution >= 4 is 21.8 Å². The van der Waals surface area contributed by atoms with Crippen molar-refractivity contribution < 1.29 is 14.3 Å². The van der Waals surface area contributed by atoms with E-state index in [0.29, 0.717) is 4.47 Å². The van der Waals surface area contributed by atoms with Crippen molar-refractivity contribution in [2.75, 3.05) is 6.54 Å². The maximum absolute atomic E-state index is 13.4. The first-order valence-electron chi connectivity index (χ1n) is 5.77. The van der Waals surface area contributed by atoms with E-state index in [4.69, 9.17) is 0 Å². The Hall–Kier alpha value is -0.940. The Labute approximate surface area is 115 Å². The quantitative estimate of drug-likeness (QED) is 0.927. The summed E-state index contributed by atoms with van der Waals surface area (Å²) in [7, 11) is 0. The van der Waals surface area contributed by atoms with Gasteiger partial charge in [0.15, 0.2) is 0 Å². The van der Waals surface area contributed by atoms with Crippen molar-refractivity contribution in [3.63, 3.8) is 0 Å². The first-order valence-corrected chi connectivity index (χ1v) is 6.56. The standard InChI is InChI=1S/C13H17BrFNO2/c1-8(2)16(7-9(3)17)13(18)10-4-5-11(14)12(15)6-10/h4-6,8-9,17H,7H2,1-3H3. The second kappa shape index (κ2) is 6.29. The second-order valence-electron chi connectivity index (χ2n) is 4.53. The number of hydrogen-bond acceptors (Lipinski definition) is 2. The van der Waals surface area contributed by atoms with E-state index in [1.807, 2.05) is 13.8 Å². The number of carbonyl (C=O) groups excluding carboxylic acids is 1. The molecule has 0 radical (unpaired) electrons. The third kappa shape index (κ3) is 3.78. The zero-order chi connectivity index (χ0) is 13.9. The van der Waals surface area contributed by atoms with Gasteiger partial charge < -0.3 is 10.0 Å². The molecule has 0 aliphatic heterocycles. The summed E-state index contributed by atoms with van der Waals surface area (Å²) in [4.78, 5) is 13.7. The number of benzene rings is 1. The fourth-order valence-electron chi connectivity index (χ4n) is 1.61. The molecule has 0 saturated carbocycles. The minimum atomic E-state index is -0.614. The monoisotopic (exact) mass is 317 g/mol. The first-order chi connectivity index (χ1) is 8.32. The van der Waals surface area contributed by atoms with Gasteiger partial charge in [-0.3, -0.25) is 4.79 Å². The van der Waals surface area contributed by atoms with Crippen molar-refractivity contribution in [3.05, 3.63) is 34.1 Å². The topological polar surface area (TPSA) is 40.5 Å². The summed E-state index contributed by atoms with van der Waals surface area (Å²) in [5.41, 5.74) is 0.282. The normalized spacial score (nSPS) is 12.6. The maximum Gasteiger partial charge on any atom is 0.254 e. The molecule has 3 nitrogen and oxygen atoms in total. The molecule has 5 heteroatoms. The Morgan fingerprint density at radius 1 is 1.44 bits per heavy atom. The molecule has 0 fully saturated rings. The van der Waals surface area contributed by atoms with Crippen LogP contribution in [-0.2, 0) is 0 Å². The van der Waals surface area contributed by atoms with Gasteiger partial charge in [0.05, 0.1) is 10.6 Å². The van der Waals surface area contributed by atoms with Crippen LogP contribution >= 0.6 is 15.9 Å². The van der Waals surface area contributed by atoms with Gasteiger partial charge in [-0.05, 0) is 54.9 Å². The minimum Gasteiger partial charge on any atom is -0.392 e. The van der Waals surface area contributed by atoms with Gasteiger partial charge >= 0.3 is 0 Å². The molecule has 0 spiro atoms. The van der Waals surface area contributed by atoms with Crippen LogP contribution in [0.5, 0.6) is 0 Å². The summed E-state index contributed by atoms with van der Waals surface area (Å²) in [6.07, 6.45) is -0.614. The van der Waals surface area contributed by atoms with E-state index in [1.54, 1.807) is 13.0 Å². The molecular weight excluding hydrogens is 301 g/mol. The zero-order valence-corrected chi connectivity index (χ0v) is 12.2. The molecule has 0 aromatic heterocycles. The highest BCUT2D eigenvalue weighted by Crippen LogP contribution is 2.18. The average molecular weight is 318 g/mol. The lowest BCUT2D eigenvalue weighted by Gasteiger charge is -2.28. The number of hydrogen-bond donors (Lipinski definition) is 1. The Balaban J connectivity index is 2.98. The van der Waals surface area contributed by atoms with Gasteiger partial charge in [0.1, 0.15) is 5.82 Å². The lowest BCUT2D eigenvalue weighted by atomic mass is 10.1. The van der Waals surface area contributed by atoms with Crippen LogP contribution in [0, 0.1) is 5.82 Å². The second-order valence-corrected chi connectivity index (χ2v) is 5.38. The molecule has 1 rings (SSSR count). The zero-order valence-electron chi connectivity index (χ0n) is 10.7. The number of amides is 1. The molecule has 0 bridgehead atoms. The number of aliphatic hydroxyl groups is 1. The lowest BCUT2D eigenvalue weighted by molar-refractivity contribution is 0.0578. The van der Waals surface area contributed by atoms with Crippen LogP contribution in [0.3, 0.4) is 0 Å². The minimum absolute atomic E-state index is 0.0567. The molecule has 1 N–H and O–H groups in total. The SMILES string of the molecule is CC(O)CN(C(=O)c1ccc(Br)c(F)c1)C(C)C. The smallest absolute Gasteiger partial charge is 0.254 e. The number of aliphatic hydroxyl groups excluding tert-OH is 1. The van der Waals surface area contributed by atoms with E-state index < -0.39 is 11.9 Å². The van der Waals surface area contributed by atoms with Crippen LogP contribution in [-0.4, -0.2) is 34.6 Å². The third-order valence-electron chi connectivity index (χ3n) is 2.51. The summed E-state index contributed by atoms with van der Waals surface area (Å²) in [6.45, 7) is 5.56. The van der Waals surface area contributed by atoms with Gasteiger partial charge in [-0.1, -0.05) is 0 Å². The van der Waals surface area contributed by atoms with Crippen LogP contribution in [0.25, 0.3) is 0 Å². The highest BCUT2D eigenvalue weighted by atomic mass is 79.9. The third-order valence-corrected chi connectivity index (χ3v) is 3.15. The predicted octanol–water partition coefficient (Wildman–Crippen LogP) is 2.82. The van der Waals surface area contributed by atoms with E-state index >= 15 is 0 Å². The van der Waals surface area contributed by atoms with E-state index in [-0.39, 0.29) is 24.1 Å². The lowest BCUT2D eigenvalue weighted by Crippen LogP contribution is -2.41. The van der Waals surface area contributed by atoms with Crippen LogP contribution in [0.2, 0.25) is 0 Å². The van der Waals surface area contributed by atoms with Crippen molar-refractivity contribution in [3.8, 4) is 0 Å². The average Bonchev–Trinajstić information content (AvgIpc) is 2.28. The molecule has 0 heterocycles. The van der Waals surface area contributed by atoms with Gasteiger partial charge in [0, 0.05) is 18.2 Å². The van der Waals surface area contributed by atoms with Crippen molar-refractivity contribution in [2.45, 2.75) is 32.9 Å². The molecule has 1 amide bonds. The number of halogens is 2. The number of carbonyl (C=O) groups is 1. The van der Waals surface area contributed by atoms with Crippen molar-refractivity contribution in [1.82, 2.24) is 4.90 Å². The molecule has 1 atom stereocenters. The Morgan fingerprint density at radius 3 is 2.50 bits per heavy atom. The van der Waals surface area contributed by atoms with Gasteiger partial charge in [0.25, 0.3) is 5.91 Å². The fraction of sp³-hybridized carbons (Fsp3) is 0.462. The molecule has 1 aromatic rings. The number of nitrogens with zero attached hydrogens (tertiary/aromatic N) is 1. The summed E-state index contributed by atoms with van der Waals surface area (Å²) < 4.78 is 13.7. The summed E-state index contributed by atoms with van der Waals surface area (Å²) in [6, 6.07) is 4.21. The van der Waals surface area contributed by atoms with Crippen LogP contribution in [0.4, 0.5) is 4.39 Å². The maximum atomic E-state index is 13.4. The van der Waals surface area contributed by atoms with Crippen LogP contribution in [0.15, 0.2) is 22.7 Å². The predicted molar refractivity (Wildman–Crippen MR) is 72.0 cm³/mol. The van der Waals surface area contributed by atoms with E-state index in [1.165, 1.54) is 17.0 Å². The Morgan fingerprint density at radius 2 is 2.06 bits per heavy atom. The Kier molecular flexibility index (Phi) is 5.28. The molecule has 1 unspecified atom stereocenters. The van der Waals surface area contributed by atoms with Gasteiger partial charge in [0.2, 0.25) is 0 Å². The fourth-order valence-corrected chi connectivity index (χ4v) is 1.85. The molecule has 0 aliphatic rings. The highest BCUT2D eigenvalue weighted by molar-refractivity contribution is 9.10. The van der Waals surface area contributed by atoms with Crippen molar-refractivity contribution in [2.24, 2.45) is 0 Å². The highest BCUT2D eigenvalue weighted by Gasteiger charge is 2.20. The molecule has 0 aliphatic carbocycles. The summed E-state index contributed by atoms with van der Waals surface area (Å²) >= 11 is 3.04. The van der Waals surface area contributed by atoms with Crippen molar-refractivity contribution in [1.29, 1.82) is 0 Å².